The Morgan fingerprint density at radius 1 is 1.17 bits per heavy atom. The zero-order chi connectivity index (χ0) is 13.8. The van der Waals surface area contributed by atoms with Crippen LogP contribution in [0.5, 0.6) is 0 Å². The van der Waals surface area contributed by atoms with Crippen molar-refractivity contribution in [2.45, 2.75) is 24.9 Å². The first kappa shape index (κ1) is 14.6. The second-order valence-corrected chi connectivity index (χ2v) is 4.78. The summed E-state index contributed by atoms with van der Waals surface area (Å²) in [6.07, 6.45) is -4.88. The lowest BCUT2D eigenvalue weighted by Crippen LogP contribution is -2.35. The van der Waals surface area contributed by atoms with Gasteiger partial charge in [-0.25, -0.2) is 0 Å². The molecule has 2 nitrogen and oxygen atoms in total. The Hall–Kier alpha value is -1.43. The molecule has 0 aromatic heterocycles. The van der Waals surface area contributed by atoms with E-state index in [2.05, 4.69) is 0 Å². The van der Waals surface area contributed by atoms with Gasteiger partial charge in [0.2, 0.25) is 0 Å². The highest BCUT2D eigenvalue weighted by Crippen LogP contribution is 2.27. The highest BCUT2D eigenvalue weighted by Gasteiger charge is 2.39. The van der Waals surface area contributed by atoms with Crippen molar-refractivity contribution in [3.63, 3.8) is 0 Å². The van der Waals surface area contributed by atoms with Crippen LogP contribution in [0.1, 0.15) is 13.8 Å². The monoisotopic (exact) mass is 275 g/mol. The Balaban J connectivity index is 2.81. The predicted molar refractivity (Wildman–Crippen MR) is 64.9 cm³/mol. The Labute approximate surface area is 107 Å². The average Bonchev–Trinajstić information content (AvgIpc) is 2.28. The summed E-state index contributed by atoms with van der Waals surface area (Å²) in [7, 11) is 0. The fourth-order valence-corrected chi connectivity index (χ4v) is 1.91. The molecule has 0 fully saturated rings. The summed E-state index contributed by atoms with van der Waals surface area (Å²) in [5, 5.41) is 2.08. The van der Waals surface area contributed by atoms with Gasteiger partial charge in [0.25, 0.3) is 0 Å². The second kappa shape index (κ2) is 5.95. The number of allylic oxidation sites excluding steroid dienone is 1. The Morgan fingerprint density at radius 2 is 1.72 bits per heavy atom. The van der Waals surface area contributed by atoms with Crippen molar-refractivity contribution in [2.24, 2.45) is 0 Å². The van der Waals surface area contributed by atoms with Gasteiger partial charge in [-0.2, -0.15) is 13.2 Å². The van der Waals surface area contributed by atoms with Crippen molar-refractivity contribution in [1.82, 2.24) is 5.32 Å². The van der Waals surface area contributed by atoms with Crippen molar-refractivity contribution in [3.8, 4) is 0 Å². The average molecular weight is 275 g/mol. The fraction of sp³-hybridized carbons (Fsp3) is 0.250. The Kier molecular flexibility index (Phi) is 4.84. The number of carbonyl (C=O) groups excluding carboxylic acids is 1. The third-order valence-electron chi connectivity index (χ3n) is 1.90. The fourth-order valence-electron chi connectivity index (χ4n) is 1.03. The van der Waals surface area contributed by atoms with Crippen LogP contribution < -0.4 is 5.32 Å². The zero-order valence-electron chi connectivity index (χ0n) is 9.84. The normalized spacial score (nSPS) is 10.9. The molecule has 0 atom stereocenters. The van der Waals surface area contributed by atoms with Gasteiger partial charge in [0, 0.05) is 4.90 Å². The minimum atomic E-state index is -4.88. The molecule has 0 aliphatic heterocycles. The molecule has 0 bridgehead atoms. The second-order valence-electron chi connectivity index (χ2n) is 3.70. The molecule has 0 saturated heterocycles. The summed E-state index contributed by atoms with van der Waals surface area (Å²) >= 11 is 1.09. The van der Waals surface area contributed by atoms with Crippen molar-refractivity contribution in [3.05, 3.63) is 40.9 Å². The smallest absolute Gasteiger partial charge is 0.313 e. The number of amides is 1. The van der Waals surface area contributed by atoms with E-state index >= 15 is 0 Å². The number of hydrogen-bond donors (Lipinski definition) is 1. The van der Waals surface area contributed by atoms with Crippen LogP contribution in [0.3, 0.4) is 0 Å². The molecule has 0 saturated carbocycles. The van der Waals surface area contributed by atoms with E-state index in [1.165, 1.54) is 0 Å². The van der Waals surface area contributed by atoms with E-state index in [0.29, 0.717) is 5.57 Å². The highest BCUT2D eigenvalue weighted by atomic mass is 32.2. The van der Waals surface area contributed by atoms with Crippen LogP contribution in [0.4, 0.5) is 13.2 Å². The maximum atomic E-state index is 12.2. The van der Waals surface area contributed by atoms with Crippen LogP contribution in [0.25, 0.3) is 0 Å². The van der Waals surface area contributed by atoms with E-state index in [1.807, 2.05) is 5.32 Å². The summed E-state index contributed by atoms with van der Waals surface area (Å²) in [6, 6.07) is 8.87. The molecular formula is C12H12F3NOS. The van der Waals surface area contributed by atoms with Crippen LogP contribution in [0.15, 0.2) is 45.8 Å². The molecular weight excluding hydrogens is 263 g/mol. The number of carbonyl (C=O) groups is 1. The number of hydrogen-bond acceptors (Lipinski definition) is 2. The molecule has 0 spiro atoms. The quantitative estimate of drug-likeness (QED) is 0.852. The van der Waals surface area contributed by atoms with E-state index < -0.39 is 12.1 Å². The van der Waals surface area contributed by atoms with Crippen LogP contribution in [0.2, 0.25) is 0 Å². The van der Waals surface area contributed by atoms with E-state index in [9.17, 15) is 18.0 Å². The maximum absolute atomic E-state index is 12.2. The summed E-state index contributed by atoms with van der Waals surface area (Å²) < 4.78 is 36.5. The lowest BCUT2D eigenvalue weighted by Gasteiger charge is -2.13. The highest BCUT2D eigenvalue weighted by molar-refractivity contribution is 8.03. The minimum absolute atomic E-state index is 0.198. The third-order valence-corrected chi connectivity index (χ3v) is 3.12. The standard InChI is InChI=1S/C12H12F3NOS/c1-8(2)10(16-11(17)12(13,14)15)18-9-6-4-3-5-7-9/h3-7H,1-2H3,(H,16,17). The van der Waals surface area contributed by atoms with E-state index in [4.69, 9.17) is 0 Å². The van der Waals surface area contributed by atoms with Gasteiger partial charge in [-0.05, 0) is 31.6 Å². The van der Waals surface area contributed by atoms with E-state index in [1.54, 1.807) is 44.2 Å². The molecule has 0 unspecified atom stereocenters. The molecule has 6 heteroatoms. The number of rotatable bonds is 3. The van der Waals surface area contributed by atoms with Gasteiger partial charge in [0.1, 0.15) is 0 Å². The first-order chi connectivity index (χ1) is 8.30. The van der Waals surface area contributed by atoms with Crippen LogP contribution in [0, 0.1) is 0 Å². The Bertz CT molecular complexity index is 450. The number of benzene rings is 1. The van der Waals surface area contributed by atoms with Gasteiger partial charge in [-0.15, -0.1) is 0 Å². The third kappa shape index (κ3) is 4.44. The molecule has 1 N–H and O–H groups in total. The van der Waals surface area contributed by atoms with E-state index in [0.717, 1.165) is 16.7 Å². The molecule has 0 aliphatic carbocycles. The molecule has 1 amide bonds. The van der Waals surface area contributed by atoms with Gasteiger partial charge >= 0.3 is 12.1 Å². The summed E-state index contributed by atoms with van der Waals surface area (Å²) in [5.41, 5.74) is 0.612. The van der Waals surface area contributed by atoms with Gasteiger partial charge < -0.3 is 5.32 Å². The van der Waals surface area contributed by atoms with Crippen molar-refractivity contribution < 1.29 is 18.0 Å². The zero-order valence-corrected chi connectivity index (χ0v) is 10.7. The van der Waals surface area contributed by atoms with Crippen molar-refractivity contribution >= 4 is 17.7 Å². The minimum Gasteiger partial charge on any atom is -0.313 e. The summed E-state index contributed by atoms with van der Waals surface area (Å²) in [6.45, 7) is 3.28. The molecule has 1 aromatic carbocycles. The molecule has 0 aliphatic rings. The molecule has 1 rings (SSSR count). The van der Waals surface area contributed by atoms with Gasteiger partial charge in [-0.1, -0.05) is 30.0 Å². The number of alkyl halides is 3. The van der Waals surface area contributed by atoms with Crippen molar-refractivity contribution in [1.29, 1.82) is 0 Å². The lowest BCUT2D eigenvalue weighted by atomic mass is 10.4. The van der Waals surface area contributed by atoms with Gasteiger partial charge in [0.15, 0.2) is 0 Å². The first-order valence-corrected chi connectivity index (χ1v) is 5.91. The lowest BCUT2D eigenvalue weighted by molar-refractivity contribution is -0.172. The SMILES string of the molecule is CC(C)=C(NC(=O)C(F)(F)F)Sc1ccccc1. The topological polar surface area (TPSA) is 29.1 Å². The summed E-state index contributed by atoms with van der Waals surface area (Å²) in [5.74, 6) is -1.96. The maximum Gasteiger partial charge on any atom is 0.471 e. The largest absolute Gasteiger partial charge is 0.471 e. The van der Waals surface area contributed by atoms with Crippen LogP contribution in [-0.2, 0) is 4.79 Å². The number of nitrogens with one attached hydrogen (secondary N) is 1. The molecule has 0 heterocycles. The van der Waals surface area contributed by atoms with Crippen molar-refractivity contribution in [2.75, 3.05) is 0 Å². The van der Waals surface area contributed by atoms with E-state index in [-0.39, 0.29) is 5.03 Å². The predicted octanol–water partition coefficient (Wildman–Crippen LogP) is 3.71. The van der Waals surface area contributed by atoms with Gasteiger partial charge in [0.05, 0.1) is 5.03 Å². The molecule has 0 radical (unpaired) electrons. The first-order valence-electron chi connectivity index (χ1n) is 5.09. The number of thioether (sulfide) groups is 1. The molecule has 1 aromatic rings. The Morgan fingerprint density at radius 3 is 2.17 bits per heavy atom. The summed E-state index contributed by atoms with van der Waals surface area (Å²) in [4.78, 5) is 11.6. The van der Waals surface area contributed by atoms with Gasteiger partial charge in [-0.3, -0.25) is 4.79 Å². The molecule has 98 valence electrons. The van der Waals surface area contributed by atoms with Crippen LogP contribution >= 0.6 is 11.8 Å². The number of halogens is 3. The van der Waals surface area contributed by atoms with Crippen LogP contribution in [-0.4, -0.2) is 12.1 Å². The molecule has 18 heavy (non-hydrogen) atoms.